The molecule has 1 aromatic rings. The molecule has 1 aromatic carbocycles. The molecule has 0 aromatic heterocycles. The number of anilines is 1. The van der Waals surface area contributed by atoms with Crippen LogP contribution in [-0.2, 0) is 4.79 Å². The van der Waals surface area contributed by atoms with E-state index in [9.17, 15) is 15.2 Å². The third-order valence-corrected chi connectivity index (χ3v) is 4.19. The van der Waals surface area contributed by atoms with Crippen molar-refractivity contribution in [2.24, 2.45) is 0 Å². The highest BCUT2D eigenvalue weighted by Gasteiger charge is 2.36. The molecule has 2 rings (SSSR count). The van der Waals surface area contributed by atoms with Gasteiger partial charge in [-0.15, -0.1) is 0 Å². The third kappa shape index (κ3) is 3.70. The summed E-state index contributed by atoms with van der Waals surface area (Å²) in [5, 5.41) is 20.5. The van der Waals surface area contributed by atoms with Crippen LogP contribution in [0.1, 0.15) is 24.8 Å². The van der Waals surface area contributed by atoms with E-state index in [0.717, 1.165) is 18.7 Å². The number of hydrogen-bond acceptors (Lipinski definition) is 4. The van der Waals surface area contributed by atoms with E-state index in [0.29, 0.717) is 23.6 Å². The quantitative estimate of drug-likeness (QED) is 0.925. The van der Waals surface area contributed by atoms with E-state index in [1.807, 2.05) is 4.90 Å². The molecule has 1 heterocycles. The Morgan fingerprint density at radius 3 is 2.91 bits per heavy atom. The van der Waals surface area contributed by atoms with Gasteiger partial charge in [0.25, 0.3) is 0 Å². The van der Waals surface area contributed by atoms with E-state index in [-0.39, 0.29) is 12.3 Å². The van der Waals surface area contributed by atoms with Gasteiger partial charge in [-0.3, -0.25) is 4.79 Å². The van der Waals surface area contributed by atoms with Gasteiger partial charge in [0.15, 0.2) is 0 Å². The van der Waals surface area contributed by atoms with Gasteiger partial charge < -0.3 is 14.9 Å². The van der Waals surface area contributed by atoms with Crippen LogP contribution < -0.4 is 4.90 Å². The second kappa shape index (κ2) is 6.55. The summed E-state index contributed by atoms with van der Waals surface area (Å²) >= 11 is 5.93. The van der Waals surface area contributed by atoms with E-state index >= 15 is 0 Å². The maximum Gasteiger partial charge on any atom is 0.225 e. The number of rotatable bonds is 3. The van der Waals surface area contributed by atoms with Crippen LogP contribution in [0, 0.1) is 11.3 Å². The molecule has 6 heteroatoms. The lowest BCUT2D eigenvalue weighted by Gasteiger charge is -2.40. The van der Waals surface area contributed by atoms with Crippen LogP contribution in [0.3, 0.4) is 0 Å². The lowest BCUT2D eigenvalue weighted by atomic mass is 9.88. The highest BCUT2D eigenvalue weighted by molar-refractivity contribution is 6.30. The molecule has 1 N–H and O–H groups in total. The van der Waals surface area contributed by atoms with Crippen molar-refractivity contribution in [2.75, 3.05) is 32.1 Å². The SMILES string of the molecule is CN(C)C(=O)CC1(O)CCCN(c2ccc(Cl)cc2C#N)C1. The highest BCUT2D eigenvalue weighted by Crippen LogP contribution is 2.31. The van der Waals surface area contributed by atoms with Crippen molar-refractivity contribution in [1.29, 1.82) is 5.26 Å². The lowest BCUT2D eigenvalue weighted by Crippen LogP contribution is -2.50. The molecular formula is C16H20ClN3O2. The topological polar surface area (TPSA) is 67.6 Å². The fourth-order valence-electron chi connectivity index (χ4n) is 2.78. The van der Waals surface area contributed by atoms with E-state index in [1.165, 1.54) is 4.90 Å². The Kier molecular flexibility index (Phi) is 4.94. The average Bonchev–Trinajstić information content (AvgIpc) is 2.46. The molecular weight excluding hydrogens is 302 g/mol. The summed E-state index contributed by atoms with van der Waals surface area (Å²) in [4.78, 5) is 15.4. The number of piperidine rings is 1. The van der Waals surface area contributed by atoms with Crippen molar-refractivity contribution in [2.45, 2.75) is 24.9 Å². The third-order valence-electron chi connectivity index (χ3n) is 3.95. The number of benzene rings is 1. The van der Waals surface area contributed by atoms with Crippen molar-refractivity contribution in [3.63, 3.8) is 0 Å². The molecule has 0 aliphatic carbocycles. The number of carbonyl (C=O) groups is 1. The van der Waals surface area contributed by atoms with Gasteiger partial charge in [-0.1, -0.05) is 11.6 Å². The highest BCUT2D eigenvalue weighted by atomic mass is 35.5. The van der Waals surface area contributed by atoms with Crippen LogP contribution in [-0.4, -0.2) is 48.7 Å². The summed E-state index contributed by atoms with van der Waals surface area (Å²) in [5.74, 6) is -0.0963. The smallest absolute Gasteiger partial charge is 0.225 e. The minimum absolute atomic E-state index is 0.0893. The molecule has 0 bridgehead atoms. The molecule has 22 heavy (non-hydrogen) atoms. The molecule has 1 fully saturated rings. The normalized spacial score (nSPS) is 21.3. The van der Waals surface area contributed by atoms with E-state index in [2.05, 4.69) is 6.07 Å². The van der Waals surface area contributed by atoms with Crippen molar-refractivity contribution in [3.05, 3.63) is 28.8 Å². The van der Waals surface area contributed by atoms with Gasteiger partial charge in [0, 0.05) is 32.2 Å². The minimum atomic E-state index is -1.06. The van der Waals surface area contributed by atoms with Crippen molar-refractivity contribution in [1.82, 2.24) is 4.90 Å². The zero-order chi connectivity index (χ0) is 16.3. The summed E-state index contributed by atoms with van der Waals surface area (Å²) in [5.41, 5.74) is 0.171. The monoisotopic (exact) mass is 321 g/mol. The largest absolute Gasteiger partial charge is 0.388 e. The molecule has 1 saturated heterocycles. The number of hydrogen-bond donors (Lipinski definition) is 1. The molecule has 1 amide bonds. The predicted molar refractivity (Wildman–Crippen MR) is 85.9 cm³/mol. The van der Waals surface area contributed by atoms with Crippen LogP contribution >= 0.6 is 11.6 Å². The summed E-state index contributed by atoms with van der Waals surface area (Å²) in [6, 6.07) is 7.28. The van der Waals surface area contributed by atoms with Crippen LogP contribution in [0.5, 0.6) is 0 Å². The number of amides is 1. The standard InChI is InChI=1S/C16H20ClN3O2/c1-19(2)15(21)9-16(22)6-3-7-20(11-16)14-5-4-13(17)8-12(14)10-18/h4-5,8,22H,3,6-7,9,11H2,1-2H3. The summed E-state index contributed by atoms with van der Waals surface area (Å²) in [6.45, 7) is 1.08. The number of nitrogens with zero attached hydrogens (tertiary/aromatic N) is 3. The number of aliphatic hydroxyl groups is 1. The van der Waals surface area contributed by atoms with Gasteiger partial charge in [0.05, 0.1) is 23.3 Å². The lowest BCUT2D eigenvalue weighted by molar-refractivity contribution is -0.134. The number of halogens is 1. The molecule has 0 spiro atoms. The first kappa shape index (κ1) is 16.6. The maximum absolute atomic E-state index is 11.9. The molecule has 5 nitrogen and oxygen atoms in total. The van der Waals surface area contributed by atoms with E-state index < -0.39 is 5.60 Å². The second-order valence-corrected chi connectivity index (χ2v) is 6.42. The Morgan fingerprint density at radius 1 is 1.55 bits per heavy atom. The Bertz CT molecular complexity index is 612. The summed E-state index contributed by atoms with van der Waals surface area (Å²) in [6.07, 6.45) is 1.44. The van der Waals surface area contributed by atoms with Crippen molar-refractivity contribution < 1.29 is 9.90 Å². The zero-order valence-electron chi connectivity index (χ0n) is 12.8. The average molecular weight is 322 g/mol. The molecule has 1 aliphatic rings. The first-order valence-corrected chi connectivity index (χ1v) is 7.59. The van der Waals surface area contributed by atoms with E-state index in [4.69, 9.17) is 11.6 Å². The Balaban J connectivity index is 2.21. The molecule has 0 radical (unpaired) electrons. The van der Waals surface area contributed by atoms with Crippen LogP contribution in [0.4, 0.5) is 5.69 Å². The van der Waals surface area contributed by atoms with Gasteiger partial charge in [-0.05, 0) is 31.0 Å². The van der Waals surface area contributed by atoms with Gasteiger partial charge in [-0.25, -0.2) is 0 Å². The van der Waals surface area contributed by atoms with Gasteiger partial charge >= 0.3 is 0 Å². The van der Waals surface area contributed by atoms with Crippen LogP contribution in [0.2, 0.25) is 5.02 Å². The number of nitriles is 1. The number of carbonyl (C=O) groups excluding carboxylic acids is 1. The molecule has 1 aliphatic heterocycles. The fraction of sp³-hybridized carbons (Fsp3) is 0.500. The Hall–Kier alpha value is -1.77. The van der Waals surface area contributed by atoms with Crippen molar-refractivity contribution >= 4 is 23.2 Å². The Morgan fingerprint density at radius 2 is 2.27 bits per heavy atom. The maximum atomic E-state index is 11.9. The Labute approximate surface area is 135 Å². The molecule has 1 atom stereocenters. The second-order valence-electron chi connectivity index (χ2n) is 5.99. The molecule has 0 saturated carbocycles. The number of β-amino-alcohol motifs (C(OH)–C–C–N with tert-alkyl or cyclic N) is 1. The molecule has 118 valence electrons. The van der Waals surface area contributed by atoms with Crippen LogP contribution in [0.25, 0.3) is 0 Å². The summed E-state index contributed by atoms with van der Waals surface area (Å²) in [7, 11) is 3.36. The summed E-state index contributed by atoms with van der Waals surface area (Å²) < 4.78 is 0. The fourth-order valence-corrected chi connectivity index (χ4v) is 2.95. The first-order valence-electron chi connectivity index (χ1n) is 7.22. The van der Waals surface area contributed by atoms with Crippen LogP contribution in [0.15, 0.2) is 18.2 Å². The minimum Gasteiger partial charge on any atom is -0.388 e. The van der Waals surface area contributed by atoms with Crippen molar-refractivity contribution in [3.8, 4) is 6.07 Å². The molecule has 1 unspecified atom stereocenters. The van der Waals surface area contributed by atoms with Gasteiger partial charge in [0.2, 0.25) is 5.91 Å². The predicted octanol–water partition coefficient (Wildman–Crippen LogP) is 2.02. The van der Waals surface area contributed by atoms with Gasteiger partial charge in [0.1, 0.15) is 6.07 Å². The van der Waals surface area contributed by atoms with E-state index in [1.54, 1.807) is 32.3 Å². The zero-order valence-corrected chi connectivity index (χ0v) is 13.6. The van der Waals surface area contributed by atoms with Gasteiger partial charge in [-0.2, -0.15) is 5.26 Å². The first-order chi connectivity index (χ1) is 10.3.